The molecule has 0 aliphatic heterocycles. The van der Waals surface area contributed by atoms with Crippen LogP contribution in [0.4, 0.5) is 0 Å². The summed E-state index contributed by atoms with van der Waals surface area (Å²) in [7, 11) is 0. The van der Waals surface area contributed by atoms with Gasteiger partial charge in [-0.2, -0.15) is 0 Å². The molecule has 0 bridgehead atoms. The minimum absolute atomic E-state index is 0.0922. The fourth-order valence-corrected chi connectivity index (χ4v) is 3.65. The second-order valence-corrected chi connectivity index (χ2v) is 6.46. The first-order valence-electron chi connectivity index (χ1n) is 7.59. The van der Waals surface area contributed by atoms with Crippen LogP contribution in [0.25, 0.3) is 11.0 Å². The Morgan fingerprint density at radius 1 is 1.25 bits per heavy atom. The third kappa shape index (κ3) is 2.25. The summed E-state index contributed by atoms with van der Waals surface area (Å²) in [6.45, 7) is 4.42. The van der Waals surface area contributed by atoms with Gasteiger partial charge in [0.05, 0.1) is 6.04 Å². The molecule has 1 unspecified atom stereocenters. The zero-order chi connectivity index (χ0) is 14.2. The Kier molecular flexibility index (Phi) is 3.57. The molecule has 3 nitrogen and oxygen atoms in total. The molecule has 1 aliphatic carbocycles. The van der Waals surface area contributed by atoms with Crippen LogP contribution < -0.4 is 11.3 Å². The van der Waals surface area contributed by atoms with Gasteiger partial charge < -0.3 is 4.42 Å². The molecule has 1 aliphatic rings. The molecule has 108 valence electrons. The quantitative estimate of drug-likeness (QED) is 0.650. The summed E-state index contributed by atoms with van der Waals surface area (Å²) in [4.78, 5) is 0. The van der Waals surface area contributed by atoms with Crippen molar-refractivity contribution in [3.63, 3.8) is 0 Å². The molecule has 1 heterocycles. The number of nitrogens with one attached hydrogen (secondary N) is 1. The van der Waals surface area contributed by atoms with Crippen LogP contribution in [0.15, 0.2) is 28.7 Å². The van der Waals surface area contributed by atoms with E-state index in [9.17, 15) is 0 Å². The first kappa shape index (κ1) is 13.7. The lowest BCUT2D eigenvalue weighted by molar-refractivity contribution is 0.130. The van der Waals surface area contributed by atoms with E-state index in [4.69, 9.17) is 10.3 Å². The van der Waals surface area contributed by atoms with Crippen molar-refractivity contribution in [2.24, 2.45) is 11.3 Å². The normalized spacial score (nSPS) is 20.1. The smallest absolute Gasteiger partial charge is 0.137 e. The summed E-state index contributed by atoms with van der Waals surface area (Å²) in [6.07, 6.45) is 6.32. The second kappa shape index (κ2) is 5.23. The lowest BCUT2D eigenvalue weighted by Gasteiger charge is -2.39. The van der Waals surface area contributed by atoms with Gasteiger partial charge in [0.1, 0.15) is 11.3 Å². The average molecular weight is 272 g/mol. The Hall–Kier alpha value is -1.32. The predicted octanol–water partition coefficient (Wildman–Crippen LogP) is 4.22. The molecule has 2 aromatic rings. The summed E-state index contributed by atoms with van der Waals surface area (Å²) in [6, 6.07) is 8.50. The van der Waals surface area contributed by atoms with E-state index in [1.807, 2.05) is 0 Å². The molecule has 0 spiro atoms. The molecular formula is C17H24N2O. The first-order chi connectivity index (χ1) is 9.64. The molecule has 0 amide bonds. The van der Waals surface area contributed by atoms with E-state index >= 15 is 0 Å². The minimum atomic E-state index is 0.0922. The van der Waals surface area contributed by atoms with Crippen molar-refractivity contribution in [2.75, 3.05) is 0 Å². The van der Waals surface area contributed by atoms with Gasteiger partial charge in [-0.25, -0.2) is 5.43 Å². The Morgan fingerprint density at radius 2 is 2.00 bits per heavy atom. The Morgan fingerprint density at radius 3 is 2.65 bits per heavy atom. The van der Waals surface area contributed by atoms with Gasteiger partial charge in [-0.1, -0.05) is 44.4 Å². The average Bonchev–Trinajstić information content (AvgIpc) is 2.85. The monoisotopic (exact) mass is 272 g/mol. The van der Waals surface area contributed by atoms with E-state index in [0.29, 0.717) is 0 Å². The number of hydrogen-bond donors (Lipinski definition) is 2. The Balaban J connectivity index is 2.00. The van der Waals surface area contributed by atoms with Crippen molar-refractivity contribution in [1.82, 2.24) is 5.43 Å². The molecule has 1 aromatic heterocycles. The zero-order valence-corrected chi connectivity index (χ0v) is 12.4. The molecule has 0 saturated heterocycles. The second-order valence-electron chi connectivity index (χ2n) is 6.46. The van der Waals surface area contributed by atoms with Crippen LogP contribution in [-0.4, -0.2) is 0 Å². The van der Waals surface area contributed by atoms with Crippen molar-refractivity contribution in [2.45, 2.75) is 52.0 Å². The summed E-state index contributed by atoms with van der Waals surface area (Å²) >= 11 is 0. The number of fused-ring (bicyclic) bond motifs is 1. The lowest BCUT2D eigenvalue weighted by atomic mass is 9.70. The molecule has 1 atom stereocenters. The number of rotatable bonds is 3. The predicted molar refractivity (Wildman–Crippen MR) is 82.2 cm³/mol. The number of furan rings is 1. The molecule has 1 fully saturated rings. The molecule has 1 saturated carbocycles. The Labute approximate surface area is 120 Å². The standard InChI is InChI=1S/C17H24N2O/c1-12-7-6-8-13-11-14(20-15(12)13)16(19-18)17(2)9-4-3-5-10-17/h6-8,11,16,19H,3-5,9-10,18H2,1-2H3. The third-order valence-electron chi connectivity index (χ3n) is 4.90. The highest BCUT2D eigenvalue weighted by atomic mass is 16.3. The zero-order valence-electron chi connectivity index (χ0n) is 12.4. The number of hydrogen-bond acceptors (Lipinski definition) is 3. The van der Waals surface area contributed by atoms with Crippen LogP contribution in [0.2, 0.25) is 0 Å². The minimum Gasteiger partial charge on any atom is -0.459 e. The topological polar surface area (TPSA) is 51.2 Å². The van der Waals surface area contributed by atoms with E-state index in [0.717, 1.165) is 11.3 Å². The van der Waals surface area contributed by atoms with Gasteiger partial charge in [0.25, 0.3) is 0 Å². The highest BCUT2D eigenvalue weighted by Gasteiger charge is 2.37. The fraction of sp³-hybridized carbons (Fsp3) is 0.529. The number of para-hydroxylation sites is 1. The van der Waals surface area contributed by atoms with Crippen molar-refractivity contribution < 1.29 is 4.42 Å². The first-order valence-corrected chi connectivity index (χ1v) is 7.59. The molecule has 1 aromatic carbocycles. The number of aryl methyl sites for hydroxylation is 1. The molecule has 3 N–H and O–H groups in total. The molecule has 3 rings (SSSR count). The maximum absolute atomic E-state index is 6.13. The highest BCUT2D eigenvalue weighted by Crippen LogP contribution is 2.46. The van der Waals surface area contributed by atoms with Crippen molar-refractivity contribution >= 4 is 11.0 Å². The molecular weight excluding hydrogens is 248 g/mol. The van der Waals surface area contributed by atoms with Crippen LogP contribution in [0, 0.1) is 12.3 Å². The molecule has 3 heteroatoms. The van der Waals surface area contributed by atoms with Gasteiger partial charge in [0.2, 0.25) is 0 Å². The summed E-state index contributed by atoms with van der Waals surface area (Å²) < 4.78 is 6.13. The van der Waals surface area contributed by atoms with Gasteiger partial charge in [-0.15, -0.1) is 0 Å². The maximum Gasteiger partial charge on any atom is 0.137 e. The largest absolute Gasteiger partial charge is 0.459 e. The van der Waals surface area contributed by atoms with Crippen LogP contribution in [0.5, 0.6) is 0 Å². The van der Waals surface area contributed by atoms with E-state index in [-0.39, 0.29) is 11.5 Å². The van der Waals surface area contributed by atoms with Crippen LogP contribution in [-0.2, 0) is 0 Å². The summed E-state index contributed by atoms with van der Waals surface area (Å²) in [5, 5.41) is 1.17. The summed E-state index contributed by atoms with van der Waals surface area (Å²) in [5.41, 5.74) is 5.37. The SMILES string of the molecule is Cc1cccc2cc(C(NN)C3(C)CCCCC3)oc12. The van der Waals surface area contributed by atoms with Crippen LogP contribution in [0.3, 0.4) is 0 Å². The van der Waals surface area contributed by atoms with Gasteiger partial charge in [-0.05, 0) is 36.8 Å². The fourth-order valence-electron chi connectivity index (χ4n) is 3.65. The Bertz CT molecular complexity index is 596. The number of benzene rings is 1. The van der Waals surface area contributed by atoms with Gasteiger partial charge in [-0.3, -0.25) is 5.84 Å². The van der Waals surface area contributed by atoms with Gasteiger partial charge >= 0.3 is 0 Å². The van der Waals surface area contributed by atoms with E-state index in [1.165, 1.54) is 43.1 Å². The third-order valence-corrected chi connectivity index (χ3v) is 4.90. The van der Waals surface area contributed by atoms with Gasteiger partial charge in [0, 0.05) is 5.39 Å². The molecule has 0 radical (unpaired) electrons. The van der Waals surface area contributed by atoms with Crippen molar-refractivity contribution in [1.29, 1.82) is 0 Å². The van der Waals surface area contributed by atoms with Crippen molar-refractivity contribution in [3.05, 3.63) is 35.6 Å². The molecule has 20 heavy (non-hydrogen) atoms. The van der Waals surface area contributed by atoms with Crippen molar-refractivity contribution in [3.8, 4) is 0 Å². The summed E-state index contributed by atoms with van der Waals surface area (Å²) in [5.74, 6) is 6.84. The van der Waals surface area contributed by atoms with Gasteiger partial charge in [0.15, 0.2) is 0 Å². The lowest BCUT2D eigenvalue weighted by Crippen LogP contribution is -2.40. The van der Waals surface area contributed by atoms with E-state index < -0.39 is 0 Å². The maximum atomic E-state index is 6.13. The number of hydrazine groups is 1. The van der Waals surface area contributed by atoms with Crippen LogP contribution >= 0.6 is 0 Å². The van der Waals surface area contributed by atoms with E-state index in [2.05, 4.69) is 43.5 Å². The van der Waals surface area contributed by atoms with E-state index in [1.54, 1.807) is 0 Å². The highest BCUT2D eigenvalue weighted by molar-refractivity contribution is 5.81. The number of nitrogens with two attached hydrogens (primary N) is 1. The van der Waals surface area contributed by atoms with Crippen LogP contribution in [0.1, 0.15) is 56.4 Å².